The zero-order chi connectivity index (χ0) is 14.7. The van der Waals surface area contributed by atoms with Crippen LogP contribution in [0.25, 0.3) is 0 Å². The molecule has 2 N–H and O–H groups in total. The molecule has 1 saturated heterocycles. The SMILES string of the molecule is Cc1cccc(NC(=O)NC[C@@H]2COC3(CCCC3)O2)c1. The van der Waals surface area contributed by atoms with Crippen molar-refractivity contribution in [2.75, 3.05) is 18.5 Å². The molecular formula is C16H22N2O3. The van der Waals surface area contributed by atoms with Gasteiger partial charge < -0.3 is 20.1 Å². The van der Waals surface area contributed by atoms with Crippen LogP contribution in [0.3, 0.4) is 0 Å². The summed E-state index contributed by atoms with van der Waals surface area (Å²) in [6, 6.07) is 7.50. The number of amides is 2. The molecule has 5 nitrogen and oxygen atoms in total. The van der Waals surface area contributed by atoms with Crippen LogP contribution < -0.4 is 10.6 Å². The van der Waals surface area contributed by atoms with Crippen molar-refractivity contribution < 1.29 is 14.3 Å². The third-order valence-corrected chi connectivity index (χ3v) is 4.05. The molecule has 2 fully saturated rings. The van der Waals surface area contributed by atoms with Crippen LogP contribution in [0.4, 0.5) is 10.5 Å². The van der Waals surface area contributed by atoms with Crippen molar-refractivity contribution in [1.82, 2.24) is 5.32 Å². The average Bonchev–Trinajstić information content (AvgIpc) is 3.07. The standard InChI is InChI=1S/C16H22N2O3/c1-12-5-4-6-13(9-12)18-15(19)17-10-14-11-20-16(21-14)7-2-3-8-16/h4-6,9,14H,2-3,7-8,10-11H2,1H3,(H2,17,18,19)/t14-/m1/s1. The van der Waals surface area contributed by atoms with E-state index >= 15 is 0 Å². The Hall–Kier alpha value is -1.59. The predicted molar refractivity (Wildman–Crippen MR) is 80.2 cm³/mol. The summed E-state index contributed by atoms with van der Waals surface area (Å²) >= 11 is 0. The minimum Gasteiger partial charge on any atom is -0.347 e. The number of nitrogens with one attached hydrogen (secondary N) is 2. The highest BCUT2D eigenvalue weighted by Crippen LogP contribution is 2.38. The number of carbonyl (C=O) groups excluding carboxylic acids is 1. The van der Waals surface area contributed by atoms with Gasteiger partial charge in [0.15, 0.2) is 5.79 Å². The third kappa shape index (κ3) is 3.54. The molecule has 2 amide bonds. The fourth-order valence-corrected chi connectivity index (χ4v) is 3.00. The summed E-state index contributed by atoms with van der Waals surface area (Å²) in [5.74, 6) is -0.362. The number of carbonyl (C=O) groups is 1. The molecule has 1 spiro atoms. The molecule has 0 aromatic heterocycles. The second-order valence-corrected chi connectivity index (χ2v) is 5.87. The van der Waals surface area contributed by atoms with Gasteiger partial charge in [-0.1, -0.05) is 12.1 Å². The molecule has 1 aromatic carbocycles. The number of hydrogen-bond acceptors (Lipinski definition) is 3. The van der Waals surface area contributed by atoms with Crippen LogP contribution in [0.1, 0.15) is 31.2 Å². The number of anilines is 1. The molecule has 5 heteroatoms. The highest BCUT2D eigenvalue weighted by molar-refractivity contribution is 5.89. The second-order valence-electron chi connectivity index (χ2n) is 5.87. The molecule has 1 aliphatic heterocycles. The van der Waals surface area contributed by atoms with E-state index in [1.165, 1.54) is 0 Å². The highest BCUT2D eigenvalue weighted by Gasteiger charge is 2.43. The molecule has 0 radical (unpaired) electrons. The Morgan fingerprint density at radius 3 is 2.95 bits per heavy atom. The molecular weight excluding hydrogens is 268 g/mol. The Labute approximate surface area is 125 Å². The fourth-order valence-electron chi connectivity index (χ4n) is 3.00. The first-order valence-corrected chi connectivity index (χ1v) is 7.59. The smallest absolute Gasteiger partial charge is 0.319 e. The maximum Gasteiger partial charge on any atom is 0.319 e. The van der Waals surface area contributed by atoms with Gasteiger partial charge in [0, 0.05) is 25.1 Å². The number of benzene rings is 1. The van der Waals surface area contributed by atoms with Crippen LogP contribution in [0.5, 0.6) is 0 Å². The largest absolute Gasteiger partial charge is 0.347 e. The van der Waals surface area contributed by atoms with Gasteiger partial charge in [0.1, 0.15) is 6.10 Å². The number of rotatable bonds is 3. The maximum absolute atomic E-state index is 11.9. The van der Waals surface area contributed by atoms with Crippen LogP contribution >= 0.6 is 0 Å². The highest BCUT2D eigenvalue weighted by atomic mass is 16.7. The first kappa shape index (κ1) is 14.4. The van der Waals surface area contributed by atoms with Crippen molar-refractivity contribution in [3.05, 3.63) is 29.8 Å². The van der Waals surface area contributed by atoms with E-state index in [1.54, 1.807) is 0 Å². The van der Waals surface area contributed by atoms with Crippen LogP contribution in [0.2, 0.25) is 0 Å². The van der Waals surface area contributed by atoms with E-state index in [4.69, 9.17) is 9.47 Å². The van der Waals surface area contributed by atoms with Gasteiger partial charge in [-0.15, -0.1) is 0 Å². The van der Waals surface area contributed by atoms with E-state index in [0.717, 1.165) is 36.9 Å². The van der Waals surface area contributed by atoms with Gasteiger partial charge in [0.25, 0.3) is 0 Å². The van der Waals surface area contributed by atoms with Crippen LogP contribution in [-0.2, 0) is 9.47 Å². The average molecular weight is 290 g/mol. The summed E-state index contributed by atoms with van der Waals surface area (Å²) in [7, 11) is 0. The van der Waals surface area contributed by atoms with Crippen LogP contribution in [0, 0.1) is 6.92 Å². The lowest BCUT2D eigenvalue weighted by Crippen LogP contribution is -2.37. The lowest BCUT2D eigenvalue weighted by Gasteiger charge is -2.22. The van der Waals surface area contributed by atoms with Gasteiger partial charge in [-0.2, -0.15) is 0 Å². The summed E-state index contributed by atoms with van der Waals surface area (Å²) < 4.78 is 11.8. The number of ether oxygens (including phenoxy) is 2. The van der Waals surface area contributed by atoms with E-state index in [9.17, 15) is 4.79 Å². The lowest BCUT2D eigenvalue weighted by molar-refractivity contribution is -0.160. The van der Waals surface area contributed by atoms with Crippen molar-refractivity contribution in [2.45, 2.75) is 44.5 Å². The van der Waals surface area contributed by atoms with E-state index in [-0.39, 0.29) is 17.9 Å². The molecule has 2 aliphatic rings. The second kappa shape index (κ2) is 6.03. The van der Waals surface area contributed by atoms with Crippen molar-refractivity contribution in [1.29, 1.82) is 0 Å². The van der Waals surface area contributed by atoms with E-state index in [2.05, 4.69) is 10.6 Å². The number of aryl methyl sites for hydroxylation is 1. The minimum absolute atomic E-state index is 0.0497. The summed E-state index contributed by atoms with van der Waals surface area (Å²) in [4.78, 5) is 11.9. The molecule has 1 saturated carbocycles. The Kier molecular flexibility index (Phi) is 4.12. The molecule has 1 heterocycles. The molecule has 3 rings (SSSR count). The fraction of sp³-hybridized carbons (Fsp3) is 0.562. The molecule has 1 aliphatic carbocycles. The quantitative estimate of drug-likeness (QED) is 0.900. The number of hydrogen-bond donors (Lipinski definition) is 2. The van der Waals surface area contributed by atoms with Crippen molar-refractivity contribution in [2.24, 2.45) is 0 Å². The summed E-state index contributed by atoms with van der Waals surface area (Å²) in [5.41, 5.74) is 1.91. The molecule has 1 aromatic rings. The van der Waals surface area contributed by atoms with Crippen molar-refractivity contribution >= 4 is 11.7 Å². The van der Waals surface area contributed by atoms with E-state index in [0.29, 0.717) is 13.2 Å². The van der Waals surface area contributed by atoms with Crippen LogP contribution in [0.15, 0.2) is 24.3 Å². The predicted octanol–water partition coefficient (Wildman–Crippen LogP) is 2.80. The van der Waals surface area contributed by atoms with Gasteiger partial charge in [-0.25, -0.2) is 4.79 Å². The normalized spacial score (nSPS) is 23.4. The summed E-state index contributed by atoms with van der Waals surface area (Å²) in [5, 5.41) is 5.67. The third-order valence-electron chi connectivity index (χ3n) is 4.05. The molecule has 1 atom stereocenters. The maximum atomic E-state index is 11.9. The Morgan fingerprint density at radius 2 is 2.19 bits per heavy atom. The Morgan fingerprint density at radius 1 is 1.38 bits per heavy atom. The molecule has 114 valence electrons. The Bertz CT molecular complexity index is 512. The van der Waals surface area contributed by atoms with Crippen molar-refractivity contribution in [3.63, 3.8) is 0 Å². The van der Waals surface area contributed by atoms with E-state index in [1.807, 2.05) is 31.2 Å². The monoisotopic (exact) mass is 290 g/mol. The summed E-state index contributed by atoms with van der Waals surface area (Å²) in [6.07, 6.45) is 4.21. The van der Waals surface area contributed by atoms with E-state index < -0.39 is 0 Å². The van der Waals surface area contributed by atoms with Gasteiger partial charge in [0.05, 0.1) is 6.61 Å². The number of urea groups is 1. The molecule has 0 bridgehead atoms. The summed E-state index contributed by atoms with van der Waals surface area (Å²) in [6.45, 7) is 3.03. The lowest BCUT2D eigenvalue weighted by atomic mass is 10.2. The van der Waals surface area contributed by atoms with Gasteiger partial charge in [-0.3, -0.25) is 0 Å². The van der Waals surface area contributed by atoms with Crippen LogP contribution in [-0.4, -0.2) is 31.1 Å². The van der Waals surface area contributed by atoms with Gasteiger partial charge in [0.2, 0.25) is 0 Å². The minimum atomic E-state index is -0.362. The zero-order valence-electron chi connectivity index (χ0n) is 12.4. The Balaban J connectivity index is 1.44. The first-order chi connectivity index (χ1) is 10.2. The van der Waals surface area contributed by atoms with Gasteiger partial charge >= 0.3 is 6.03 Å². The topological polar surface area (TPSA) is 59.6 Å². The molecule has 0 unspecified atom stereocenters. The van der Waals surface area contributed by atoms with Crippen molar-refractivity contribution in [3.8, 4) is 0 Å². The van der Waals surface area contributed by atoms with Gasteiger partial charge in [-0.05, 0) is 37.5 Å². The molecule has 21 heavy (non-hydrogen) atoms. The zero-order valence-corrected chi connectivity index (χ0v) is 12.4. The first-order valence-electron chi connectivity index (χ1n) is 7.59.